The summed E-state index contributed by atoms with van der Waals surface area (Å²) in [5.41, 5.74) is 10.7. The second kappa shape index (κ2) is 7.34. The normalized spacial score (nSPS) is 13.5. The highest BCUT2D eigenvalue weighted by Crippen LogP contribution is 2.02. The highest BCUT2D eigenvalue weighted by Gasteiger charge is 1.98. The van der Waals surface area contributed by atoms with Crippen LogP contribution in [0.1, 0.15) is 6.42 Å². The van der Waals surface area contributed by atoms with Crippen molar-refractivity contribution >= 4 is 11.8 Å². The summed E-state index contributed by atoms with van der Waals surface area (Å²) in [6, 6.07) is -0.0669. The van der Waals surface area contributed by atoms with Crippen molar-refractivity contribution in [2.75, 3.05) is 24.7 Å². The van der Waals surface area contributed by atoms with Crippen LogP contribution in [0.3, 0.4) is 0 Å². The number of hydrogen-bond donors (Lipinski definition) is 3. The predicted molar refractivity (Wildman–Crippen MR) is 46.1 cm³/mol. The number of aliphatic hydroxyl groups is 1. The van der Waals surface area contributed by atoms with Gasteiger partial charge in [0, 0.05) is 11.8 Å². The lowest BCUT2D eigenvalue weighted by Gasteiger charge is -2.05. The summed E-state index contributed by atoms with van der Waals surface area (Å²) >= 11 is 1.75. The third kappa shape index (κ3) is 6.35. The first-order valence-corrected chi connectivity index (χ1v) is 4.61. The molecule has 0 aromatic carbocycles. The smallest absolute Gasteiger partial charge is 0.0590 e. The van der Waals surface area contributed by atoms with E-state index in [4.69, 9.17) is 16.6 Å². The fourth-order valence-electron chi connectivity index (χ4n) is 0.473. The number of hydrogen-bond acceptors (Lipinski definition) is 4. The van der Waals surface area contributed by atoms with Crippen LogP contribution in [0.15, 0.2) is 0 Å². The molecule has 4 heteroatoms. The molecule has 5 N–H and O–H groups in total. The Kier molecular flexibility index (Phi) is 7.51. The molecule has 3 nitrogen and oxygen atoms in total. The van der Waals surface area contributed by atoms with E-state index in [1.54, 1.807) is 11.8 Å². The van der Waals surface area contributed by atoms with E-state index in [2.05, 4.69) is 0 Å². The minimum atomic E-state index is -0.0669. The van der Waals surface area contributed by atoms with Crippen molar-refractivity contribution in [2.24, 2.45) is 11.5 Å². The summed E-state index contributed by atoms with van der Waals surface area (Å²) in [7, 11) is 0. The summed E-state index contributed by atoms with van der Waals surface area (Å²) in [6.45, 7) is 0.816. The van der Waals surface area contributed by atoms with Crippen LogP contribution in [0.25, 0.3) is 0 Å². The highest BCUT2D eigenvalue weighted by atomic mass is 32.2. The number of rotatable bonds is 6. The highest BCUT2D eigenvalue weighted by molar-refractivity contribution is 7.99. The van der Waals surface area contributed by atoms with Crippen LogP contribution < -0.4 is 11.5 Å². The Morgan fingerprint density at radius 2 is 2.20 bits per heavy atom. The van der Waals surface area contributed by atoms with Gasteiger partial charge in [0.05, 0.1) is 6.61 Å². The van der Waals surface area contributed by atoms with Gasteiger partial charge in [-0.05, 0) is 18.7 Å². The first-order chi connectivity index (χ1) is 4.81. The van der Waals surface area contributed by atoms with Gasteiger partial charge in [-0.15, -0.1) is 0 Å². The van der Waals surface area contributed by atoms with Crippen LogP contribution in [0.2, 0.25) is 0 Å². The lowest BCUT2D eigenvalue weighted by Crippen LogP contribution is -2.27. The van der Waals surface area contributed by atoms with E-state index in [1.807, 2.05) is 0 Å². The van der Waals surface area contributed by atoms with Crippen LogP contribution in [-0.2, 0) is 0 Å². The monoisotopic (exact) mass is 164 g/mol. The maximum absolute atomic E-state index is 8.53. The number of nitrogens with two attached hydrogens (primary N) is 2. The van der Waals surface area contributed by atoms with Gasteiger partial charge in [-0.1, -0.05) is 0 Å². The Bertz CT molecular complexity index is 72.8. The zero-order valence-corrected chi connectivity index (χ0v) is 6.94. The average molecular weight is 164 g/mol. The molecule has 0 aliphatic heterocycles. The first kappa shape index (κ1) is 10.2. The quantitative estimate of drug-likeness (QED) is 0.458. The van der Waals surface area contributed by atoms with Gasteiger partial charge < -0.3 is 16.6 Å². The Morgan fingerprint density at radius 1 is 1.50 bits per heavy atom. The van der Waals surface area contributed by atoms with Crippen LogP contribution in [0.5, 0.6) is 0 Å². The van der Waals surface area contributed by atoms with E-state index in [9.17, 15) is 0 Å². The molecule has 0 bridgehead atoms. The van der Waals surface area contributed by atoms with Crippen molar-refractivity contribution in [3.05, 3.63) is 0 Å². The van der Waals surface area contributed by atoms with E-state index in [0.29, 0.717) is 0 Å². The Labute approximate surface area is 66.2 Å². The molecular formula is C6H16N2OS. The van der Waals surface area contributed by atoms with Gasteiger partial charge in [-0.3, -0.25) is 0 Å². The van der Waals surface area contributed by atoms with Crippen LogP contribution in [-0.4, -0.2) is 35.8 Å². The minimum Gasteiger partial charge on any atom is -0.395 e. The molecule has 0 saturated carbocycles. The molecular weight excluding hydrogens is 148 g/mol. The molecule has 0 aromatic heterocycles. The molecule has 0 heterocycles. The Morgan fingerprint density at radius 3 is 2.70 bits per heavy atom. The third-order valence-corrected chi connectivity index (χ3v) is 2.30. The van der Waals surface area contributed by atoms with E-state index < -0.39 is 0 Å². The van der Waals surface area contributed by atoms with Crippen LogP contribution in [0.4, 0.5) is 0 Å². The van der Waals surface area contributed by atoms with Gasteiger partial charge in [-0.25, -0.2) is 0 Å². The van der Waals surface area contributed by atoms with Crippen molar-refractivity contribution in [1.29, 1.82) is 0 Å². The molecule has 0 saturated heterocycles. The standard InChI is InChI=1S/C6H16N2OS/c7-2-1-3-10-5-6(8)4-9/h6,9H,1-5,7-8H2. The maximum Gasteiger partial charge on any atom is 0.0590 e. The van der Waals surface area contributed by atoms with Crippen molar-refractivity contribution in [3.63, 3.8) is 0 Å². The van der Waals surface area contributed by atoms with E-state index in [1.165, 1.54) is 0 Å². The summed E-state index contributed by atoms with van der Waals surface area (Å²) in [6.07, 6.45) is 1.03. The number of thioether (sulfide) groups is 1. The maximum atomic E-state index is 8.53. The van der Waals surface area contributed by atoms with Crippen molar-refractivity contribution in [2.45, 2.75) is 12.5 Å². The molecule has 0 aliphatic carbocycles. The molecule has 0 radical (unpaired) electrons. The van der Waals surface area contributed by atoms with Crippen LogP contribution in [0, 0.1) is 0 Å². The van der Waals surface area contributed by atoms with Crippen molar-refractivity contribution in [3.8, 4) is 0 Å². The van der Waals surface area contributed by atoms with E-state index >= 15 is 0 Å². The zero-order chi connectivity index (χ0) is 7.82. The topological polar surface area (TPSA) is 72.3 Å². The molecule has 62 valence electrons. The van der Waals surface area contributed by atoms with Gasteiger partial charge in [-0.2, -0.15) is 11.8 Å². The fraction of sp³-hybridized carbons (Fsp3) is 1.00. The zero-order valence-electron chi connectivity index (χ0n) is 6.12. The Hall–Kier alpha value is 0.230. The lowest BCUT2D eigenvalue weighted by molar-refractivity contribution is 0.275. The van der Waals surface area contributed by atoms with Crippen molar-refractivity contribution in [1.82, 2.24) is 0 Å². The SMILES string of the molecule is NCCCSCC(N)CO. The molecule has 0 aromatic rings. The Balaban J connectivity index is 2.89. The van der Waals surface area contributed by atoms with Gasteiger partial charge in [0.25, 0.3) is 0 Å². The largest absolute Gasteiger partial charge is 0.395 e. The summed E-state index contributed by atoms with van der Waals surface area (Å²) in [5, 5.41) is 8.53. The van der Waals surface area contributed by atoms with Crippen LogP contribution >= 0.6 is 11.8 Å². The van der Waals surface area contributed by atoms with Gasteiger partial charge in [0.1, 0.15) is 0 Å². The number of aliphatic hydroxyl groups excluding tert-OH is 1. The third-order valence-electron chi connectivity index (χ3n) is 1.06. The summed E-state index contributed by atoms with van der Waals surface area (Å²) in [5.74, 6) is 1.88. The fourth-order valence-corrected chi connectivity index (χ4v) is 1.42. The molecule has 0 spiro atoms. The summed E-state index contributed by atoms with van der Waals surface area (Å²) in [4.78, 5) is 0. The van der Waals surface area contributed by atoms with E-state index in [0.717, 1.165) is 24.5 Å². The second-order valence-electron chi connectivity index (χ2n) is 2.16. The average Bonchev–Trinajstić information content (AvgIpc) is 1.98. The minimum absolute atomic E-state index is 0.0669. The first-order valence-electron chi connectivity index (χ1n) is 3.45. The van der Waals surface area contributed by atoms with Crippen molar-refractivity contribution < 1.29 is 5.11 Å². The molecule has 1 atom stereocenters. The molecule has 0 aliphatic rings. The second-order valence-corrected chi connectivity index (χ2v) is 3.31. The molecule has 10 heavy (non-hydrogen) atoms. The molecule has 0 rings (SSSR count). The predicted octanol–water partition coefficient (Wildman–Crippen LogP) is -0.612. The molecule has 0 amide bonds. The van der Waals surface area contributed by atoms with Gasteiger partial charge in [0.2, 0.25) is 0 Å². The van der Waals surface area contributed by atoms with Gasteiger partial charge >= 0.3 is 0 Å². The molecule has 1 unspecified atom stereocenters. The summed E-state index contributed by atoms with van der Waals surface area (Å²) < 4.78 is 0. The van der Waals surface area contributed by atoms with E-state index in [-0.39, 0.29) is 12.6 Å². The lowest BCUT2D eigenvalue weighted by atomic mass is 10.4. The molecule has 0 fully saturated rings. The van der Waals surface area contributed by atoms with Gasteiger partial charge in [0.15, 0.2) is 0 Å².